The van der Waals surface area contributed by atoms with Crippen molar-refractivity contribution in [3.05, 3.63) is 71.3 Å². The lowest BCUT2D eigenvalue weighted by Crippen LogP contribution is -2.35. The highest BCUT2D eigenvalue weighted by Gasteiger charge is 2.41. The van der Waals surface area contributed by atoms with Gasteiger partial charge in [-0.05, 0) is 36.1 Å². The van der Waals surface area contributed by atoms with Gasteiger partial charge in [0.1, 0.15) is 6.23 Å². The Hall–Kier alpha value is -2.66. The number of carbonyl (C=O) groups is 2. The van der Waals surface area contributed by atoms with Crippen LogP contribution in [-0.4, -0.2) is 34.2 Å². The van der Waals surface area contributed by atoms with E-state index in [0.717, 1.165) is 24.8 Å². The van der Waals surface area contributed by atoms with Gasteiger partial charge in [-0.15, -0.1) is 0 Å². The van der Waals surface area contributed by atoms with Crippen molar-refractivity contribution >= 4 is 11.9 Å². The first-order chi connectivity index (χ1) is 13.1. The molecular formula is C22H25NO4. The van der Waals surface area contributed by atoms with Crippen molar-refractivity contribution in [3.8, 4) is 0 Å². The first-order valence-corrected chi connectivity index (χ1v) is 9.41. The van der Waals surface area contributed by atoms with Crippen LogP contribution in [-0.2, 0) is 22.5 Å². The quantitative estimate of drug-likeness (QED) is 0.763. The van der Waals surface area contributed by atoms with Crippen molar-refractivity contribution < 1.29 is 19.4 Å². The van der Waals surface area contributed by atoms with E-state index < -0.39 is 18.3 Å². The molecule has 1 unspecified atom stereocenters. The normalized spacial score (nSPS) is 19.3. The summed E-state index contributed by atoms with van der Waals surface area (Å²) in [5.41, 5.74) is 2.51. The lowest BCUT2D eigenvalue weighted by atomic mass is 10.1. The highest BCUT2D eigenvalue weighted by atomic mass is 16.6. The number of ether oxygens (including phenoxy) is 1. The summed E-state index contributed by atoms with van der Waals surface area (Å²) in [5.74, 6) is -0.900. The third kappa shape index (κ3) is 4.74. The van der Waals surface area contributed by atoms with E-state index in [1.807, 2.05) is 42.5 Å². The molecule has 0 aromatic heterocycles. The van der Waals surface area contributed by atoms with Crippen LogP contribution in [0.25, 0.3) is 0 Å². The molecule has 1 fully saturated rings. The SMILES string of the molecule is CCCCc1ccc(C(=O)O[C@@H]2CC(O)N(Cc3ccccc3)C2=O)cc1. The van der Waals surface area contributed by atoms with Crippen LogP contribution >= 0.6 is 0 Å². The number of unbranched alkanes of at least 4 members (excludes halogenated alkanes) is 1. The summed E-state index contributed by atoms with van der Waals surface area (Å²) in [7, 11) is 0. The van der Waals surface area contributed by atoms with Gasteiger partial charge < -0.3 is 14.7 Å². The number of aryl methyl sites for hydroxylation is 1. The number of esters is 1. The zero-order valence-electron chi connectivity index (χ0n) is 15.5. The number of hydrogen-bond donors (Lipinski definition) is 1. The Morgan fingerprint density at radius 3 is 2.48 bits per heavy atom. The van der Waals surface area contributed by atoms with Gasteiger partial charge in [-0.1, -0.05) is 55.8 Å². The highest BCUT2D eigenvalue weighted by Crippen LogP contribution is 2.23. The zero-order valence-corrected chi connectivity index (χ0v) is 15.5. The largest absolute Gasteiger partial charge is 0.448 e. The predicted molar refractivity (Wildman–Crippen MR) is 102 cm³/mol. The van der Waals surface area contributed by atoms with Crippen molar-refractivity contribution in [1.29, 1.82) is 0 Å². The fourth-order valence-corrected chi connectivity index (χ4v) is 3.20. The molecule has 27 heavy (non-hydrogen) atoms. The molecule has 2 atom stereocenters. The molecule has 0 bridgehead atoms. The number of rotatable bonds is 7. The summed E-state index contributed by atoms with van der Waals surface area (Å²) in [6, 6.07) is 16.7. The number of amides is 1. The summed E-state index contributed by atoms with van der Waals surface area (Å²) in [5, 5.41) is 10.2. The molecule has 0 aliphatic carbocycles. The molecular weight excluding hydrogens is 342 g/mol. The number of likely N-dealkylation sites (tertiary alicyclic amines) is 1. The molecule has 1 aliphatic heterocycles. The van der Waals surface area contributed by atoms with Gasteiger partial charge in [-0.2, -0.15) is 0 Å². The van der Waals surface area contributed by atoms with Crippen LogP contribution in [0.1, 0.15) is 47.7 Å². The molecule has 1 amide bonds. The van der Waals surface area contributed by atoms with Gasteiger partial charge in [0.15, 0.2) is 6.10 Å². The van der Waals surface area contributed by atoms with E-state index in [2.05, 4.69) is 6.92 Å². The minimum Gasteiger partial charge on any atom is -0.448 e. The molecule has 0 radical (unpaired) electrons. The number of aliphatic hydroxyl groups excluding tert-OH is 1. The average Bonchev–Trinajstić information content (AvgIpc) is 2.95. The maximum absolute atomic E-state index is 12.5. The maximum atomic E-state index is 12.5. The number of hydrogen-bond acceptors (Lipinski definition) is 4. The van der Waals surface area contributed by atoms with Gasteiger partial charge in [0, 0.05) is 13.0 Å². The zero-order chi connectivity index (χ0) is 19.2. The van der Waals surface area contributed by atoms with Crippen LogP contribution in [0.3, 0.4) is 0 Å². The van der Waals surface area contributed by atoms with E-state index in [0.29, 0.717) is 12.1 Å². The molecule has 2 aromatic carbocycles. The number of aliphatic hydroxyl groups is 1. The average molecular weight is 367 g/mol. The predicted octanol–water partition coefficient (Wildman–Crippen LogP) is 3.31. The summed E-state index contributed by atoms with van der Waals surface area (Å²) in [4.78, 5) is 26.3. The minimum atomic E-state index is -0.952. The second-order valence-corrected chi connectivity index (χ2v) is 6.86. The van der Waals surface area contributed by atoms with Gasteiger partial charge in [0.25, 0.3) is 5.91 Å². The van der Waals surface area contributed by atoms with Crippen molar-refractivity contribution in [3.63, 3.8) is 0 Å². The van der Waals surface area contributed by atoms with E-state index in [4.69, 9.17) is 4.74 Å². The number of nitrogens with zero attached hydrogens (tertiary/aromatic N) is 1. The van der Waals surface area contributed by atoms with E-state index in [1.165, 1.54) is 10.5 Å². The third-order valence-electron chi connectivity index (χ3n) is 4.80. The van der Waals surface area contributed by atoms with Crippen LogP contribution in [0, 0.1) is 0 Å². The second-order valence-electron chi connectivity index (χ2n) is 6.86. The molecule has 5 nitrogen and oxygen atoms in total. The minimum absolute atomic E-state index is 0.0893. The Morgan fingerprint density at radius 2 is 1.81 bits per heavy atom. The third-order valence-corrected chi connectivity index (χ3v) is 4.80. The maximum Gasteiger partial charge on any atom is 0.338 e. The van der Waals surface area contributed by atoms with Crippen molar-refractivity contribution in [1.82, 2.24) is 4.90 Å². The van der Waals surface area contributed by atoms with Crippen LogP contribution < -0.4 is 0 Å². The molecule has 0 saturated carbocycles. The summed E-state index contributed by atoms with van der Waals surface area (Å²) in [6.45, 7) is 2.43. The van der Waals surface area contributed by atoms with Gasteiger partial charge in [-0.25, -0.2) is 4.79 Å². The molecule has 3 rings (SSSR count). The van der Waals surface area contributed by atoms with Crippen LogP contribution in [0.15, 0.2) is 54.6 Å². The molecule has 1 saturated heterocycles. The van der Waals surface area contributed by atoms with E-state index >= 15 is 0 Å². The first-order valence-electron chi connectivity index (χ1n) is 9.41. The molecule has 1 aliphatic rings. The fraction of sp³-hybridized carbons (Fsp3) is 0.364. The van der Waals surface area contributed by atoms with Gasteiger partial charge >= 0.3 is 5.97 Å². The summed E-state index contributed by atoms with van der Waals surface area (Å²) in [6.07, 6.45) is 1.40. The summed E-state index contributed by atoms with van der Waals surface area (Å²) >= 11 is 0. The molecule has 0 spiro atoms. The molecule has 1 heterocycles. The van der Waals surface area contributed by atoms with Crippen molar-refractivity contribution in [2.45, 2.75) is 51.5 Å². The second kappa shape index (κ2) is 8.82. The highest BCUT2D eigenvalue weighted by molar-refractivity contribution is 5.93. The molecule has 1 N–H and O–H groups in total. The lowest BCUT2D eigenvalue weighted by molar-refractivity contribution is -0.139. The van der Waals surface area contributed by atoms with E-state index in [1.54, 1.807) is 12.1 Å². The fourth-order valence-electron chi connectivity index (χ4n) is 3.20. The number of carbonyl (C=O) groups excluding carboxylic acids is 2. The Kier molecular flexibility index (Phi) is 6.24. The first kappa shape index (κ1) is 19.1. The standard InChI is InChI=1S/C22H25NO4/c1-2-3-7-16-10-12-18(13-11-16)22(26)27-19-14-20(24)23(21(19)25)15-17-8-5-4-6-9-17/h4-6,8-13,19-20,24H,2-3,7,14-15H2,1H3/t19-,20?/m1/s1. The van der Waals surface area contributed by atoms with Gasteiger partial charge in [0.2, 0.25) is 0 Å². The van der Waals surface area contributed by atoms with E-state index in [-0.39, 0.29) is 12.3 Å². The van der Waals surface area contributed by atoms with Crippen LogP contribution in [0.2, 0.25) is 0 Å². The van der Waals surface area contributed by atoms with Gasteiger partial charge in [-0.3, -0.25) is 4.79 Å². The Balaban J connectivity index is 1.60. The molecule has 2 aromatic rings. The van der Waals surface area contributed by atoms with E-state index in [9.17, 15) is 14.7 Å². The Bertz CT molecular complexity index is 773. The Labute approximate surface area is 159 Å². The lowest BCUT2D eigenvalue weighted by Gasteiger charge is -2.20. The van der Waals surface area contributed by atoms with Gasteiger partial charge in [0.05, 0.1) is 5.56 Å². The Morgan fingerprint density at radius 1 is 1.11 bits per heavy atom. The van der Waals surface area contributed by atoms with Crippen molar-refractivity contribution in [2.24, 2.45) is 0 Å². The summed E-state index contributed by atoms with van der Waals surface area (Å²) < 4.78 is 5.38. The monoisotopic (exact) mass is 367 g/mol. The smallest absolute Gasteiger partial charge is 0.338 e. The van der Waals surface area contributed by atoms with Crippen LogP contribution in [0.5, 0.6) is 0 Å². The molecule has 5 heteroatoms. The molecule has 142 valence electrons. The topological polar surface area (TPSA) is 66.8 Å². The number of benzene rings is 2. The van der Waals surface area contributed by atoms with Crippen molar-refractivity contribution in [2.75, 3.05) is 0 Å². The van der Waals surface area contributed by atoms with Crippen LogP contribution in [0.4, 0.5) is 0 Å².